The van der Waals surface area contributed by atoms with Crippen molar-refractivity contribution in [2.45, 2.75) is 82.6 Å². The predicted octanol–water partition coefficient (Wildman–Crippen LogP) is 5.25. The molecule has 10 heteroatoms. The van der Waals surface area contributed by atoms with Gasteiger partial charge in [-0.25, -0.2) is 0 Å². The van der Waals surface area contributed by atoms with Crippen molar-refractivity contribution in [2.24, 2.45) is 5.92 Å². The number of anilines is 1. The van der Waals surface area contributed by atoms with E-state index in [0.717, 1.165) is 47.5 Å². The van der Waals surface area contributed by atoms with Crippen molar-refractivity contribution in [3.63, 3.8) is 0 Å². The van der Waals surface area contributed by atoms with Crippen LogP contribution < -0.4 is 10.2 Å². The Hall–Kier alpha value is -3.61. The minimum absolute atomic E-state index is 0.0899. The summed E-state index contributed by atoms with van der Waals surface area (Å²) < 4.78 is 41.6. The number of rotatable bonds is 6. The summed E-state index contributed by atoms with van der Waals surface area (Å²) >= 11 is 0. The van der Waals surface area contributed by atoms with E-state index in [1.165, 1.54) is 12.4 Å². The third-order valence-electron chi connectivity index (χ3n) is 7.62. The van der Waals surface area contributed by atoms with Crippen LogP contribution in [0.15, 0.2) is 48.8 Å². The number of halogens is 3. The minimum Gasteiger partial charge on any atom is -0.351 e. The summed E-state index contributed by atoms with van der Waals surface area (Å²) in [5.74, 6) is -3.47. The fourth-order valence-electron chi connectivity index (χ4n) is 5.35. The van der Waals surface area contributed by atoms with E-state index in [1.54, 1.807) is 42.6 Å². The molecule has 39 heavy (non-hydrogen) atoms. The van der Waals surface area contributed by atoms with Gasteiger partial charge in [-0.2, -0.15) is 18.4 Å². The van der Waals surface area contributed by atoms with E-state index in [2.05, 4.69) is 10.3 Å². The van der Waals surface area contributed by atoms with Gasteiger partial charge in [-0.05, 0) is 42.0 Å². The number of pyridine rings is 1. The van der Waals surface area contributed by atoms with Crippen LogP contribution in [-0.2, 0) is 15.0 Å². The normalized spacial score (nSPS) is 20.9. The maximum atomic E-state index is 14.1. The second kappa shape index (κ2) is 11.2. The molecule has 2 aromatic rings. The SMILES string of the molecule is CC(C)(C)c1ccc(N(C(=O)[C@H]2[C@H](C(F)(F)F)CN2C#N)C(C(=O)NC2CCCCC2)c2cccnc2)cc1. The molecule has 2 amide bonds. The minimum atomic E-state index is -4.68. The van der Waals surface area contributed by atoms with E-state index < -0.39 is 42.5 Å². The van der Waals surface area contributed by atoms with Crippen LogP contribution in [0.2, 0.25) is 0 Å². The van der Waals surface area contributed by atoms with Gasteiger partial charge in [-0.3, -0.25) is 24.4 Å². The highest BCUT2D eigenvalue weighted by Gasteiger charge is 2.59. The van der Waals surface area contributed by atoms with Gasteiger partial charge in [0.15, 0.2) is 6.19 Å². The quantitative estimate of drug-likeness (QED) is 0.505. The van der Waals surface area contributed by atoms with Crippen molar-refractivity contribution < 1.29 is 22.8 Å². The summed E-state index contributed by atoms with van der Waals surface area (Å²) in [6.07, 6.45) is 4.59. The molecule has 1 unspecified atom stereocenters. The molecule has 0 radical (unpaired) electrons. The summed E-state index contributed by atoms with van der Waals surface area (Å²) in [5, 5.41) is 12.5. The van der Waals surface area contributed by atoms with Crippen LogP contribution in [0.1, 0.15) is 70.0 Å². The maximum Gasteiger partial charge on any atom is 0.396 e. The molecule has 1 aromatic carbocycles. The Labute approximate surface area is 227 Å². The third kappa shape index (κ3) is 6.18. The molecule has 7 nitrogen and oxygen atoms in total. The molecule has 2 fully saturated rings. The lowest BCUT2D eigenvalue weighted by atomic mass is 9.85. The van der Waals surface area contributed by atoms with Gasteiger partial charge in [-0.15, -0.1) is 0 Å². The van der Waals surface area contributed by atoms with Crippen LogP contribution in [-0.4, -0.2) is 46.5 Å². The number of nitrogens with one attached hydrogen (secondary N) is 1. The first-order chi connectivity index (χ1) is 18.4. The van der Waals surface area contributed by atoms with Gasteiger partial charge in [0.1, 0.15) is 18.0 Å². The van der Waals surface area contributed by atoms with E-state index >= 15 is 0 Å². The molecule has 1 aromatic heterocycles. The summed E-state index contributed by atoms with van der Waals surface area (Å²) in [5.41, 5.74) is 1.39. The Morgan fingerprint density at radius 3 is 2.31 bits per heavy atom. The van der Waals surface area contributed by atoms with Crippen molar-refractivity contribution in [3.8, 4) is 6.19 Å². The van der Waals surface area contributed by atoms with Crippen molar-refractivity contribution in [2.75, 3.05) is 11.4 Å². The summed E-state index contributed by atoms with van der Waals surface area (Å²) in [7, 11) is 0. The highest BCUT2D eigenvalue weighted by atomic mass is 19.4. The van der Waals surface area contributed by atoms with E-state index in [4.69, 9.17) is 0 Å². The number of likely N-dealkylation sites (tertiary alicyclic amines) is 1. The van der Waals surface area contributed by atoms with Gasteiger partial charge in [-0.1, -0.05) is 58.2 Å². The van der Waals surface area contributed by atoms with Crippen LogP contribution in [0, 0.1) is 17.4 Å². The van der Waals surface area contributed by atoms with Crippen LogP contribution >= 0.6 is 0 Å². The van der Waals surface area contributed by atoms with E-state index in [1.807, 2.05) is 20.8 Å². The van der Waals surface area contributed by atoms with Crippen LogP contribution in [0.25, 0.3) is 0 Å². The topological polar surface area (TPSA) is 89.3 Å². The first-order valence-electron chi connectivity index (χ1n) is 13.3. The van der Waals surface area contributed by atoms with Gasteiger partial charge < -0.3 is 5.32 Å². The van der Waals surface area contributed by atoms with Gasteiger partial charge >= 0.3 is 6.18 Å². The van der Waals surface area contributed by atoms with Crippen LogP contribution in [0.4, 0.5) is 18.9 Å². The summed E-state index contributed by atoms with van der Waals surface area (Å²) in [6.45, 7) is 5.47. The highest BCUT2D eigenvalue weighted by Crippen LogP contribution is 2.41. The number of aromatic nitrogens is 1. The van der Waals surface area contributed by atoms with Crippen LogP contribution in [0.3, 0.4) is 0 Å². The van der Waals surface area contributed by atoms with E-state index in [0.29, 0.717) is 5.56 Å². The number of hydrogen-bond donors (Lipinski definition) is 1. The number of hydrogen-bond acceptors (Lipinski definition) is 5. The Balaban J connectivity index is 1.81. The molecule has 1 aliphatic carbocycles. The molecule has 0 bridgehead atoms. The number of carbonyl (C=O) groups is 2. The second-order valence-corrected chi connectivity index (χ2v) is 11.4. The second-order valence-electron chi connectivity index (χ2n) is 11.4. The van der Waals surface area contributed by atoms with E-state index in [9.17, 15) is 28.0 Å². The third-order valence-corrected chi connectivity index (χ3v) is 7.62. The van der Waals surface area contributed by atoms with Crippen molar-refractivity contribution in [3.05, 3.63) is 59.9 Å². The molecule has 208 valence electrons. The largest absolute Gasteiger partial charge is 0.396 e. The molecule has 1 saturated carbocycles. The van der Waals surface area contributed by atoms with Gasteiger partial charge in [0, 0.05) is 36.2 Å². The first-order valence-corrected chi connectivity index (χ1v) is 13.3. The predicted molar refractivity (Wildman–Crippen MR) is 140 cm³/mol. The molecule has 0 spiro atoms. The highest BCUT2D eigenvalue weighted by molar-refractivity contribution is 6.04. The molecule has 1 saturated heterocycles. The lowest BCUT2D eigenvalue weighted by Gasteiger charge is -2.46. The lowest BCUT2D eigenvalue weighted by Crippen LogP contribution is -2.66. The first kappa shape index (κ1) is 28.4. The zero-order valence-electron chi connectivity index (χ0n) is 22.4. The molecule has 2 heterocycles. The number of benzene rings is 1. The Bertz CT molecular complexity index is 1200. The molecule has 3 atom stereocenters. The number of carbonyl (C=O) groups excluding carboxylic acids is 2. The maximum absolute atomic E-state index is 14.1. The molecule has 1 N–H and O–H groups in total. The molecule has 4 rings (SSSR count). The molecular weight excluding hydrogens is 507 g/mol. The number of nitrogens with zero attached hydrogens (tertiary/aromatic N) is 4. The van der Waals surface area contributed by atoms with Crippen molar-refractivity contribution in [1.82, 2.24) is 15.2 Å². The molecular formula is C29H34F3N5O2. The zero-order valence-corrected chi connectivity index (χ0v) is 22.4. The Morgan fingerprint density at radius 2 is 1.77 bits per heavy atom. The summed E-state index contributed by atoms with van der Waals surface area (Å²) in [4.78, 5) is 34.0. The Kier molecular flexibility index (Phi) is 8.19. The Morgan fingerprint density at radius 1 is 1.10 bits per heavy atom. The smallest absolute Gasteiger partial charge is 0.351 e. The fraction of sp³-hybridized carbons (Fsp3) is 0.517. The number of alkyl halides is 3. The summed E-state index contributed by atoms with van der Waals surface area (Å²) in [6, 6.07) is 7.02. The average Bonchev–Trinajstić information content (AvgIpc) is 2.86. The van der Waals surface area contributed by atoms with Crippen molar-refractivity contribution in [1.29, 1.82) is 5.26 Å². The van der Waals surface area contributed by atoms with Crippen molar-refractivity contribution >= 4 is 17.5 Å². The number of amides is 2. The average molecular weight is 542 g/mol. The lowest BCUT2D eigenvalue weighted by molar-refractivity contribution is -0.220. The molecule has 1 aliphatic heterocycles. The number of nitriles is 1. The van der Waals surface area contributed by atoms with Crippen LogP contribution in [0.5, 0.6) is 0 Å². The zero-order chi connectivity index (χ0) is 28.4. The van der Waals surface area contributed by atoms with E-state index in [-0.39, 0.29) is 17.1 Å². The fourth-order valence-corrected chi connectivity index (χ4v) is 5.35. The van der Waals surface area contributed by atoms with Gasteiger partial charge in [0.05, 0.1) is 0 Å². The monoisotopic (exact) mass is 541 g/mol. The van der Waals surface area contributed by atoms with Gasteiger partial charge in [0.25, 0.3) is 5.91 Å². The van der Waals surface area contributed by atoms with Gasteiger partial charge in [0.2, 0.25) is 5.91 Å². The standard InChI is InChI=1S/C29H34F3N5O2/c1-28(2,3)20-11-13-22(14-12-20)37(27(39)25-23(29(30,31)32)17-36(25)18-33)24(19-8-7-15-34-16-19)26(38)35-21-9-5-4-6-10-21/h7-8,11-16,21,23-25H,4-6,9-10,17H2,1-3H3,(H,35,38)/t23-,24?,25-/m1/s1. The molecule has 2 aliphatic rings.